The van der Waals surface area contributed by atoms with E-state index in [-0.39, 0.29) is 6.04 Å². The average molecular weight is 244 g/mol. The minimum absolute atomic E-state index is 0.0324. The van der Waals surface area contributed by atoms with E-state index in [2.05, 4.69) is 29.1 Å². The third kappa shape index (κ3) is 2.54. The van der Waals surface area contributed by atoms with E-state index in [0.29, 0.717) is 0 Å². The van der Waals surface area contributed by atoms with E-state index in [1.807, 2.05) is 43.1 Å². The zero-order chi connectivity index (χ0) is 13.1. The molecule has 0 amide bonds. The third-order valence-electron chi connectivity index (χ3n) is 3.14. The van der Waals surface area contributed by atoms with Crippen molar-refractivity contribution in [2.45, 2.75) is 19.5 Å². The number of benzene rings is 1. The van der Waals surface area contributed by atoms with Gasteiger partial charge in [0.05, 0.1) is 6.54 Å². The zero-order valence-corrected chi connectivity index (χ0v) is 11.2. The van der Waals surface area contributed by atoms with Gasteiger partial charge in [-0.1, -0.05) is 18.2 Å². The van der Waals surface area contributed by atoms with Gasteiger partial charge in [-0.15, -0.1) is 0 Å². The SMILES string of the molecule is C[C@@H](N)c1ccccc1N(C)Cc1nccn1C. The van der Waals surface area contributed by atoms with Crippen molar-refractivity contribution in [1.82, 2.24) is 9.55 Å². The van der Waals surface area contributed by atoms with Crippen LogP contribution >= 0.6 is 0 Å². The molecule has 0 aliphatic rings. The molecule has 1 heterocycles. The van der Waals surface area contributed by atoms with Crippen molar-refractivity contribution in [3.05, 3.63) is 48.0 Å². The maximum Gasteiger partial charge on any atom is 0.127 e. The van der Waals surface area contributed by atoms with Crippen LogP contribution in [0.1, 0.15) is 24.4 Å². The van der Waals surface area contributed by atoms with Gasteiger partial charge in [-0.25, -0.2) is 4.98 Å². The van der Waals surface area contributed by atoms with Gasteiger partial charge < -0.3 is 15.2 Å². The fraction of sp³-hybridized carbons (Fsp3) is 0.357. The van der Waals surface area contributed by atoms with Gasteiger partial charge in [0.25, 0.3) is 0 Å². The van der Waals surface area contributed by atoms with Crippen molar-refractivity contribution in [1.29, 1.82) is 0 Å². The largest absolute Gasteiger partial charge is 0.367 e. The lowest BCUT2D eigenvalue weighted by Gasteiger charge is -2.23. The highest BCUT2D eigenvalue weighted by Crippen LogP contribution is 2.24. The molecule has 2 rings (SSSR count). The molecule has 4 heteroatoms. The second-order valence-corrected chi connectivity index (χ2v) is 4.66. The maximum atomic E-state index is 6.01. The molecule has 0 saturated carbocycles. The first-order valence-electron chi connectivity index (χ1n) is 6.11. The van der Waals surface area contributed by atoms with Gasteiger partial charge in [-0.05, 0) is 18.6 Å². The number of aryl methyl sites for hydroxylation is 1. The van der Waals surface area contributed by atoms with Crippen molar-refractivity contribution in [3.8, 4) is 0 Å². The summed E-state index contributed by atoms with van der Waals surface area (Å²) < 4.78 is 2.03. The molecular formula is C14H20N4. The molecular weight excluding hydrogens is 224 g/mol. The molecule has 1 aromatic carbocycles. The molecule has 2 aromatic rings. The Kier molecular flexibility index (Phi) is 3.67. The smallest absolute Gasteiger partial charge is 0.127 e. The first-order valence-corrected chi connectivity index (χ1v) is 6.11. The molecule has 0 spiro atoms. The van der Waals surface area contributed by atoms with Crippen LogP contribution in [0, 0.1) is 0 Å². The molecule has 2 N–H and O–H groups in total. The van der Waals surface area contributed by atoms with Crippen molar-refractivity contribution in [2.75, 3.05) is 11.9 Å². The lowest BCUT2D eigenvalue weighted by molar-refractivity contribution is 0.748. The van der Waals surface area contributed by atoms with E-state index >= 15 is 0 Å². The monoisotopic (exact) mass is 244 g/mol. The van der Waals surface area contributed by atoms with E-state index in [0.717, 1.165) is 23.6 Å². The van der Waals surface area contributed by atoms with Gasteiger partial charge in [0.1, 0.15) is 5.82 Å². The Hall–Kier alpha value is -1.81. The average Bonchev–Trinajstić information content (AvgIpc) is 2.75. The number of hydrogen-bond donors (Lipinski definition) is 1. The predicted octanol–water partition coefficient (Wildman–Crippen LogP) is 2.08. The maximum absolute atomic E-state index is 6.01. The van der Waals surface area contributed by atoms with Crippen LogP contribution in [0.4, 0.5) is 5.69 Å². The molecule has 1 aromatic heterocycles. The van der Waals surface area contributed by atoms with E-state index in [1.54, 1.807) is 0 Å². The summed E-state index contributed by atoms with van der Waals surface area (Å²) in [4.78, 5) is 6.53. The molecule has 0 saturated heterocycles. The third-order valence-corrected chi connectivity index (χ3v) is 3.14. The number of hydrogen-bond acceptors (Lipinski definition) is 3. The van der Waals surface area contributed by atoms with Crippen LogP contribution in [-0.2, 0) is 13.6 Å². The Morgan fingerprint density at radius 3 is 2.72 bits per heavy atom. The Labute approximate surface area is 108 Å². The van der Waals surface area contributed by atoms with Gasteiger partial charge in [-0.2, -0.15) is 0 Å². The highest BCUT2D eigenvalue weighted by atomic mass is 15.2. The molecule has 18 heavy (non-hydrogen) atoms. The molecule has 0 aliphatic heterocycles. The first-order chi connectivity index (χ1) is 8.59. The summed E-state index contributed by atoms with van der Waals surface area (Å²) in [5.74, 6) is 1.04. The summed E-state index contributed by atoms with van der Waals surface area (Å²) in [6.45, 7) is 2.78. The van der Waals surface area contributed by atoms with Crippen LogP contribution in [0.25, 0.3) is 0 Å². The summed E-state index contributed by atoms with van der Waals surface area (Å²) in [6, 6.07) is 8.27. The van der Waals surface area contributed by atoms with Crippen LogP contribution < -0.4 is 10.6 Å². The number of nitrogens with zero attached hydrogens (tertiary/aromatic N) is 3. The number of anilines is 1. The van der Waals surface area contributed by atoms with Crippen LogP contribution in [0.15, 0.2) is 36.7 Å². The number of imidazole rings is 1. The van der Waals surface area contributed by atoms with Crippen LogP contribution in [-0.4, -0.2) is 16.6 Å². The summed E-state index contributed by atoms with van der Waals surface area (Å²) in [7, 11) is 4.07. The van der Waals surface area contributed by atoms with Crippen molar-refractivity contribution in [3.63, 3.8) is 0 Å². The van der Waals surface area contributed by atoms with Crippen molar-refractivity contribution >= 4 is 5.69 Å². The fourth-order valence-electron chi connectivity index (χ4n) is 2.07. The number of para-hydroxylation sites is 1. The van der Waals surface area contributed by atoms with Gasteiger partial charge in [-0.3, -0.25) is 0 Å². The van der Waals surface area contributed by atoms with E-state index in [1.165, 1.54) is 0 Å². The highest BCUT2D eigenvalue weighted by molar-refractivity contribution is 5.54. The van der Waals surface area contributed by atoms with Gasteiger partial charge in [0, 0.05) is 38.2 Å². The molecule has 96 valence electrons. The van der Waals surface area contributed by atoms with Crippen LogP contribution in [0.2, 0.25) is 0 Å². The molecule has 0 unspecified atom stereocenters. The number of aromatic nitrogens is 2. The summed E-state index contributed by atoms with van der Waals surface area (Å²) in [5, 5.41) is 0. The Balaban J connectivity index is 2.24. The molecule has 0 aliphatic carbocycles. The van der Waals surface area contributed by atoms with Crippen molar-refractivity contribution < 1.29 is 0 Å². The van der Waals surface area contributed by atoms with Crippen molar-refractivity contribution in [2.24, 2.45) is 12.8 Å². The Bertz CT molecular complexity index is 516. The summed E-state index contributed by atoms with van der Waals surface area (Å²) in [6.07, 6.45) is 3.78. The molecule has 0 radical (unpaired) electrons. The quantitative estimate of drug-likeness (QED) is 0.895. The second-order valence-electron chi connectivity index (χ2n) is 4.66. The standard InChI is InChI=1S/C14H20N4/c1-11(15)12-6-4-5-7-13(12)18(3)10-14-16-8-9-17(14)2/h4-9,11H,10,15H2,1-3H3/t11-/m1/s1. The topological polar surface area (TPSA) is 47.1 Å². The lowest BCUT2D eigenvalue weighted by Crippen LogP contribution is -2.21. The van der Waals surface area contributed by atoms with Crippen LogP contribution in [0.5, 0.6) is 0 Å². The Morgan fingerprint density at radius 2 is 2.11 bits per heavy atom. The van der Waals surface area contributed by atoms with Gasteiger partial charge in [0.15, 0.2) is 0 Å². The van der Waals surface area contributed by atoms with Gasteiger partial charge in [0.2, 0.25) is 0 Å². The normalized spacial score (nSPS) is 12.4. The number of rotatable bonds is 4. The Morgan fingerprint density at radius 1 is 1.39 bits per heavy atom. The van der Waals surface area contributed by atoms with E-state index in [9.17, 15) is 0 Å². The zero-order valence-electron chi connectivity index (χ0n) is 11.2. The fourth-order valence-corrected chi connectivity index (χ4v) is 2.07. The van der Waals surface area contributed by atoms with E-state index in [4.69, 9.17) is 5.73 Å². The minimum atomic E-state index is 0.0324. The molecule has 0 fully saturated rings. The first kappa shape index (κ1) is 12.6. The van der Waals surface area contributed by atoms with Gasteiger partial charge >= 0.3 is 0 Å². The van der Waals surface area contributed by atoms with E-state index < -0.39 is 0 Å². The number of nitrogens with two attached hydrogens (primary N) is 1. The molecule has 4 nitrogen and oxygen atoms in total. The second kappa shape index (κ2) is 5.23. The molecule has 1 atom stereocenters. The predicted molar refractivity (Wildman–Crippen MR) is 74.4 cm³/mol. The lowest BCUT2D eigenvalue weighted by atomic mass is 10.1. The van der Waals surface area contributed by atoms with Crippen LogP contribution in [0.3, 0.4) is 0 Å². The minimum Gasteiger partial charge on any atom is -0.367 e. The summed E-state index contributed by atoms with van der Waals surface area (Å²) >= 11 is 0. The highest BCUT2D eigenvalue weighted by Gasteiger charge is 2.11. The molecule has 0 bridgehead atoms. The summed E-state index contributed by atoms with van der Waals surface area (Å²) in [5.41, 5.74) is 8.33.